The van der Waals surface area contributed by atoms with E-state index in [0.29, 0.717) is 23.4 Å². The van der Waals surface area contributed by atoms with Gasteiger partial charge in [0.15, 0.2) is 6.10 Å². The summed E-state index contributed by atoms with van der Waals surface area (Å²) in [6.07, 6.45) is -0.372. The molecule has 0 saturated heterocycles. The molecule has 7 heteroatoms. The topological polar surface area (TPSA) is 64.6 Å². The number of anilines is 1. The van der Waals surface area contributed by atoms with Crippen LogP contribution in [-0.4, -0.2) is 24.6 Å². The molecule has 0 unspecified atom stereocenters. The summed E-state index contributed by atoms with van der Waals surface area (Å²) in [6.45, 7) is 3.76. The highest BCUT2D eigenvalue weighted by Crippen LogP contribution is 2.24. The van der Waals surface area contributed by atoms with Gasteiger partial charge in [0.2, 0.25) is 0 Å². The van der Waals surface area contributed by atoms with E-state index in [4.69, 9.17) is 21.1 Å². The number of rotatable bonds is 7. The summed E-state index contributed by atoms with van der Waals surface area (Å²) in [7, 11) is 0. The van der Waals surface area contributed by atoms with E-state index in [1.807, 2.05) is 0 Å². The number of amides is 1. The third kappa shape index (κ3) is 5.20. The first-order valence-corrected chi connectivity index (χ1v) is 8.52. The van der Waals surface area contributed by atoms with Crippen LogP contribution in [-0.2, 0) is 9.53 Å². The fraction of sp³-hybridized carbons (Fsp3) is 0.263. The molecule has 1 amide bonds. The van der Waals surface area contributed by atoms with Gasteiger partial charge < -0.3 is 14.8 Å². The Bertz CT molecular complexity index is 780. The highest BCUT2D eigenvalue weighted by atomic mass is 35.5. The number of hydrogen-bond acceptors (Lipinski definition) is 4. The van der Waals surface area contributed by atoms with Crippen LogP contribution in [0.2, 0.25) is 5.02 Å². The molecule has 0 spiro atoms. The van der Waals surface area contributed by atoms with Crippen LogP contribution in [0.1, 0.15) is 30.6 Å². The number of ether oxygens (including phenoxy) is 2. The Morgan fingerprint density at radius 3 is 2.42 bits per heavy atom. The monoisotopic (exact) mass is 379 g/mol. The Balaban J connectivity index is 2.07. The van der Waals surface area contributed by atoms with E-state index in [-0.39, 0.29) is 17.4 Å². The molecule has 0 bridgehead atoms. The van der Waals surface area contributed by atoms with Gasteiger partial charge in [-0.2, -0.15) is 0 Å². The van der Waals surface area contributed by atoms with Crippen LogP contribution in [0, 0.1) is 5.82 Å². The van der Waals surface area contributed by atoms with Crippen molar-refractivity contribution in [2.24, 2.45) is 0 Å². The molecular weight excluding hydrogens is 361 g/mol. The molecule has 0 fully saturated rings. The summed E-state index contributed by atoms with van der Waals surface area (Å²) in [6, 6.07) is 9.88. The standard InChI is InChI=1S/C19H19ClFNO4/c1-3-17(26-14-8-6-13(21)7-9-14)18(23)22-16-10-5-12(11-15(16)20)19(24)25-4-2/h5-11,17H,3-4H2,1-2H3,(H,22,23)/t17-/m1/s1. The number of esters is 1. The molecule has 0 heterocycles. The molecule has 2 aromatic rings. The Hall–Kier alpha value is -2.60. The third-order valence-electron chi connectivity index (χ3n) is 3.49. The zero-order valence-electron chi connectivity index (χ0n) is 14.4. The van der Waals surface area contributed by atoms with Crippen LogP contribution >= 0.6 is 11.6 Å². The van der Waals surface area contributed by atoms with E-state index >= 15 is 0 Å². The fourth-order valence-electron chi connectivity index (χ4n) is 2.17. The maximum absolute atomic E-state index is 13.0. The Morgan fingerprint density at radius 2 is 1.85 bits per heavy atom. The third-order valence-corrected chi connectivity index (χ3v) is 3.81. The average molecular weight is 380 g/mol. The first kappa shape index (κ1) is 19.7. The lowest BCUT2D eigenvalue weighted by Gasteiger charge is -2.18. The molecule has 26 heavy (non-hydrogen) atoms. The minimum atomic E-state index is -0.777. The maximum atomic E-state index is 13.0. The number of halogens is 2. The molecular formula is C19H19ClFNO4. The first-order valence-electron chi connectivity index (χ1n) is 8.14. The highest BCUT2D eigenvalue weighted by Gasteiger charge is 2.20. The molecule has 5 nitrogen and oxygen atoms in total. The van der Waals surface area contributed by atoms with E-state index in [1.54, 1.807) is 13.8 Å². The van der Waals surface area contributed by atoms with Gasteiger partial charge in [0.1, 0.15) is 11.6 Å². The smallest absolute Gasteiger partial charge is 0.338 e. The average Bonchev–Trinajstić information content (AvgIpc) is 2.63. The van der Waals surface area contributed by atoms with Crippen molar-refractivity contribution in [2.75, 3.05) is 11.9 Å². The summed E-state index contributed by atoms with van der Waals surface area (Å²) in [5.41, 5.74) is 0.648. The van der Waals surface area contributed by atoms with Gasteiger partial charge in [-0.15, -0.1) is 0 Å². The molecule has 0 aromatic heterocycles. The molecule has 1 atom stereocenters. The summed E-state index contributed by atoms with van der Waals surface area (Å²) in [5.74, 6) is -0.888. The van der Waals surface area contributed by atoms with Crippen molar-refractivity contribution in [1.29, 1.82) is 0 Å². The van der Waals surface area contributed by atoms with Gasteiger partial charge in [-0.3, -0.25) is 4.79 Å². The second-order valence-electron chi connectivity index (χ2n) is 5.37. The van der Waals surface area contributed by atoms with E-state index < -0.39 is 18.0 Å². The second-order valence-corrected chi connectivity index (χ2v) is 5.78. The predicted octanol–water partition coefficient (Wildman–Crippen LogP) is 4.45. The lowest BCUT2D eigenvalue weighted by atomic mass is 10.2. The van der Waals surface area contributed by atoms with E-state index in [2.05, 4.69) is 5.32 Å². The lowest BCUT2D eigenvalue weighted by Crippen LogP contribution is -2.32. The highest BCUT2D eigenvalue weighted by molar-refractivity contribution is 6.34. The minimum Gasteiger partial charge on any atom is -0.481 e. The van der Waals surface area contributed by atoms with Gasteiger partial charge in [-0.05, 0) is 55.8 Å². The van der Waals surface area contributed by atoms with Crippen molar-refractivity contribution < 1.29 is 23.5 Å². The van der Waals surface area contributed by atoms with Crippen molar-refractivity contribution in [1.82, 2.24) is 0 Å². The molecule has 1 N–H and O–H groups in total. The number of nitrogens with one attached hydrogen (secondary N) is 1. The number of hydrogen-bond donors (Lipinski definition) is 1. The molecule has 138 valence electrons. The molecule has 0 saturated carbocycles. The number of carbonyl (C=O) groups is 2. The van der Waals surface area contributed by atoms with Crippen LogP contribution < -0.4 is 10.1 Å². The number of carbonyl (C=O) groups excluding carboxylic acids is 2. The van der Waals surface area contributed by atoms with Crippen molar-refractivity contribution in [3.8, 4) is 5.75 Å². The van der Waals surface area contributed by atoms with Crippen LogP contribution in [0.15, 0.2) is 42.5 Å². The van der Waals surface area contributed by atoms with E-state index in [0.717, 1.165) is 0 Å². The van der Waals surface area contributed by atoms with Crippen LogP contribution in [0.4, 0.5) is 10.1 Å². The van der Waals surface area contributed by atoms with Crippen LogP contribution in [0.5, 0.6) is 5.75 Å². The fourth-order valence-corrected chi connectivity index (χ4v) is 2.40. The SMILES string of the molecule is CCOC(=O)c1ccc(NC(=O)[C@@H](CC)Oc2ccc(F)cc2)c(Cl)c1. The van der Waals surface area contributed by atoms with Crippen molar-refractivity contribution in [3.63, 3.8) is 0 Å². The second kappa shape index (κ2) is 9.20. The Morgan fingerprint density at radius 1 is 1.15 bits per heavy atom. The van der Waals surface area contributed by atoms with Crippen LogP contribution in [0.3, 0.4) is 0 Å². The lowest BCUT2D eigenvalue weighted by molar-refractivity contribution is -0.122. The minimum absolute atomic E-state index is 0.209. The summed E-state index contributed by atoms with van der Waals surface area (Å²) < 4.78 is 23.4. The Kier molecular flexibility index (Phi) is 6.97. The molecule has 2 aromatic carbocycles. The van der Waals surface area contributed by atoms with Crippen molar-refractivity contribution in [2.45, 2.75) is 26.4 Å². The van der Waals surface area contributed by atoms with Gasteiger partial charge in [0, 0.05) is 0 Å². The van der Waals surface area contributed by atoms with Gasteiger partial charge >= 0.3 is 5.97 Å². The zero-order valence-corrected chi connectivity index (χ0v) is 15.2. The molecule has 2 rings (SSSR count). The van der Waals surface area contributed by atoms with Crippen molar-refractivity contribution >= 4 is 29.2 Å². The summed E-state index contributed by atoms with van der Waals surface area (Å²) >= 11 is 6.14. The summed E-state index contributed by atoms with van der Waals surface area (Å²) in [5, 5.41) is 2.88. The van der Waals surface area contributed by atoms with Crippen LogP contribution in [0.25, 0.3) is 0 Å². The molecule has 0 aliphatic heterocycles. The quantitative estimate of drug-likeness (QED) is 0.722. The van der Waals surface area contributed by atoms with Gasteiger partial charge in [0.25, 0.3) is 5.91 Å². The zero-order chi connectivity index (χ0) is 19.1. The maximum Gasteiger partial charge on any atom is 0.338 e. The van der Waals surface area contributed by atoms with Gasteiger partial charge in [0.05, 0.1) is 22.9 Å². The largest absolute Gasteiger partial charge is 0.481 e. The number of benzene rings is 2. The van der Waals surface area contributed by atoms with E-state index in [1.165, 1.54) is 42.5 Å². The van der Waals surface area contributed by atoms with E-state index in [9.17, 15) is 14.0 Å². The Labute approximate surface area is 156 Å². The van der Waals surface area contributed by atoms with Gasteiger partial charge in [-0.25, -0.2) is 9.18 Å². The molecule has 0 radical (unpaired) electrons. The van der Waals surface area contributed by atoms with Crippen molar-refractivity contribution in [3.05, 3.63) is 58.9 Å². The predicted molar refractivity (Wildman–Crippen MR) is 97.1 cm³/mol. The summed E-state index contributed by atoms with van der Waals surface area (Å²) in [4.78, 5) is 24.1. The first-order chi connectivity index (χ1) is 12.4. The van der Waals surface area contributed by atoms with Gasteiger partial charge in [-0.1, -0.05) is 18.5 Å². The molecule has 0 aliphatic carbocycles. The molecule has 0 aliphatic rings. The normalized spacial score (nSPS) is 11.5.